The molecule has 7 nitrogen and oxygen atoms in total. The highest BCUT2D eigenvalue weighted by Gasteiger charge is 2.25. The van der Waals surface area contributed by atoms with Gasteiger partial charge in [-0.05, 0) is 38.1 Å². The second kappa shape index (κ2) is 8.75. The summed E-state index contributed by atoms with van der Waals surface area (Å²) in [5.41, 5.74) is 0.810. The molecule has 24 heavy (non-hydrogen) atoms. The molecule has 0 aliphatic carbocycles. The van der Waals surface area contributed by atoms with Crippen molar-refractivity contribution in [3.8, 4) is 0 Å². The lowest BCUT2D eigenvalue weighted by Gasteiger charge is -2.27. The Labute approximate surface area is 142 Å². The van der Waals surface area contributed by atoms with Gasteiger partial charge < -0.3 is 15.3 Å². The molecule has 0 bridgehead atoms. The summed E-state index contributed by atoms with van der Waals surface area (Å²) >= 11 is 0. The van der Waals surface area contributed by atoms with Gasteiger partial charge in [0, 0.05) is 32.4 Å². The fourth-order valence-corrected chi connectivity index (χ4v) is 3.08. The average Bonchev–Trinajstić information content (AvgIpc) is 3.02. The molecule has 1 saturated heterocycles. The van der Waals surface area contributed by atoms with E-state index in [1.807, 2.05) is 7.05 Å². The van der Waals surface area contributed by atoms with Gasteiger partial charge in [-0.1, -0.05) is 6.92 Å². The van der Waals surface area contributed by atoms with Crippen LogP contribution in [0.4, 0.5) is 0 Å². The van der Waals surface area contributed by atoms with E-state index >= 15 is 0 Å². The molecule has 2 N–H and O–H groups in total. The first-order valence-electron chi connectivity index (χ1n) is 8.38. The third-order valence-electron chi connectivity index (χ3n) is 4.46. The zero-order valence-corrected chi connectivity index (χ0v) is 14.4. The van der Waals surface area contributed by atoms with E-state index in [1.54, 1.807) is 4.90 Å². The van der Waals surface area contributed by atoms with Gasteiger partial charge in [-0.15, -0.1) is 0 Å². The van der Waals surface area contributed by atoms with Crippen molar-refractivity contribution in [2.45, 2.75) is 32.4 Å². The largest absolute Gasteiger partial charge is 0.478 e. The van der Waals surface area contributed by atoms with Crippen molar-refractivity contribution in [1.29, 1.82) is 0 Å². The molecule has 1 amide bonds. The number of likely N-dealkylation sites (tertiary alicyclic amines) is 1. The summed E-state index contributed by atoms with van der Waals surface area (Å²) < 4.78 is 0. The number of nitrogens with zero attached hydrogens (tertiary/aromatic N) is 3. The predicted molar refractivity (Wildman–Crippen MR) is 90.8 cm³/mol. The zero-order chi connectivity index (χ0) is 17.5. The van der Waals surface area contributed by atoms with Gasteiger partial charge in [-0.2, -0.15) is 0 Å². The molecule has 0 spiro atoms. The van der Waals surface area contributed by atoms with Gasteiger partial charge in [-0.25, -0.2) is 4.79 Å². The first kappa shape index (κ1) is 18.4. The summed E-state index contributed by atoms with van der Waals surface area (Å²) in [6.45, 7) is 5.63. The van der Waals surface area contributed by atoms with E-state index in [2.05, 4.69) is 22.1 Å². The molecule has 1 aromatic rings. The Morgan fingerprint density at radius 1 is 1.50 bits per heavy atom. The maximum absolute atomic E-state index is 12.2. The van der Waals surface area contributed by atoms with Gasteiger partial charge in [0.15, 0.2) is 0 Å². The van der Waals surface area contributed by atoms with Crippen LogP contribution in [0.3, 0.4) is 0 Å². The van der Waals surface area contributed by atoms with Crippen molar-refractivity contribution >= 4 is 11.9 Å². The molecule has 1 aliphatic rings. The second-order valence-electron chi connectivity index (χ2n) is 6.14. The fourth-order valence-electron chi connectivity index (χ4n) is 3.08. The highest BCUT2D eigenvalue weighted by Crippen LogP contribution is 2.17. The Morgan fingerprint density at radius 3 is 3.00 bits per heavy atom. The van der Waals surface area contributed by atoms with Crippen LogP contribution in [0.5, 0.6) is 0 Å². The third kappa shape index (κ3) is 5.01. The monoisotopic (exact) mass is 334 g/mol. The van der Waals surface area contributed by atoms with Crippen LogP contribution in [0, 0.1) is 0 Å². The Bertz CT molecular complexity index is 579. The molecule has 1 aliphatic heterocycles. The number of aromatic nitrogens is 1. The highest BCUT2D eigenvalue weighted by molar-refractivity contribution is 5.87. The van der Waals surface area contributed by atoms with Gasteiger partial charge in [0.25, 0.3) is 0 Å². The number of carboxylic acids is 1. The molecule has 7 heteroatoms. The van der Waals surface area contributed by atoms with Crippen molar-refractivity contribution in [2.75, 3.05) is 33.2 Å². The molecule has 1 unspecified atom stereocenters. The number of carbonyl (C=O) groups is 2. The maximum atomic E-state index is 12.2. The Hall–Kier alpha value is -1.99. The number of aromatic carboxylic acids is 1. The van der Waals surface area contributed by atoms with Crippen LogP contribution >= 0.6 is 0 Å². The summed E-state index contributed by atoms with van der Waals surface area (Å²) in [5.74, 6) is -0.946. The summed E-state index contributed by atoms with van der Waals surface area (Å²) in [6, 6.07) is 3.42. The lowest BCUT2D eigenvalue weighted by Crippen LogP contribution is -2.43. The number of pyridine rings is 1. The SMILES string of the molecule is CCN1CCCC1CN(C)C(=O)CNCc1cc(C(=O)O)ccn1. The molecule has 0 radical (unpaired) electrons. The maximum Gasteiger partial charge on any atom is 0.335 e. The minimum atomic E-state index is -0.980. The standard InChI is InChI=1S/C17H26N4O3/c1-3-21-8-4-5-15(21)12-20(2)16(22)11-18-10-14-9-13(17(23)24)6-7-19-14/h6-7,9,15,18H,3-5,8,10-12H2,1-2H3,(H,23,24). The van der Waals surface area contributed by atoms with Crippen LogP contribution in [0.15, 0.2) is 18.3 Å². The lowest BCUT2D eigenvalue weighted by molar-refractivity contribution is -0.129. The highest BCUT2D eigenvalue weighted by atomic mass is 16.4. The Kier molecular flexibility index (Phi) is 6.69. The number of amides is 1. The number of nitrogens with one attached hydrogen (secondary N) is 1. The fraction of sp³-hybridized carbons (Fsp3) is 0.588. The molecule has 0 aromatic carbocycles. The first-order valence-corrected chi connectivity index (χ1v) is 8.38. The molecule has 0 saturated carbocycles. The molecule has 1 fully saturated rings. The predicted octanol–water partition coefficient (Wildman–Crippen LogP) is 0.812. The summed E-state index contributed by atoms with van der Waals surface area (Å²) in [6.07, 6.45) is 3.81. The molecular formula is C17H26N4O3. The van der Waals surface area contributed by atoms with Crippen molar-refractivity contribution in [3.63, 3.8) is 0 Å². The molecule has 1 aromatic heterocycles. The van der Waals surface area contributed by atoms with Crippen LogP contribution in [0.2, 0.25) is 0 Å². The first-order chi connectivity index (χ1) is 11.5. The second-order valence-corrected chi connectivity index (χ2v) is 6.14. The minimum absolute atomic E-state index is 0.0346. The van der Waals surface area contributed by atoms with Gasteiger partial charge >= 0.3 is 5.97 Å². The minimum Gasteiger partial charge on any atom is -0.478 e. The number of hydrogen-bond acceptors (Lipinski definition) is 5. The summed E-state index contributed by atoms with van der Waals surface area (Å²) in [5, 5.41) is 12.0. The zero-order valence-electron chi connectivity index (χ0n) is 14.4. The smallest absolute Gasteiger partial charge is 0.335 e. The summed E-state index contributed by atoms with van der Waals surface area (Å²) in [7, 11) is 1.83. The van der Waals surface area contributed by atoms with Crippen LogP contribution in [0.25, 0.3) is 0 Å². The van der Waals surface area contributed by atoms with Crippen LogP contribution < -0.4 is 5.32 Å². The third-order valence-corrected chi connectivity index (χ3v) is 4.46. The lowest BCUT2D eigenvalue weighted by atomic mass is 10.2. The number of rotatable bonds is 8. The van der Waals surface area contributed by atoms with E-state index < -0.39 is 5.97 Å². The number of carbonyl (C=O) groups excluding carboxylic acids is 1. The van der Waals surface area contributed by atoms with Crippen molar-refractivity contribution < 1.29 is 14.7 Å². The quantitative estimate of drug-likeness (QED) is 0.732. The van der Waals surface area contributed by atoms with Crippen LogP contribution in [0.1, 0.15) is 35.8 Å². The Morgan fingerprint density at radius 2 is 2.29 bits per heavy atom. The van der Waals surface area contributed by atoms with E-state index in [0.29, 0.717) is 18.3 Å². The van der Waals surface area contributed by atoms with Crippen molar-refractivity contribution in [2.24, 2.45) is 0 Å². The topological polar surface area (TPSA) is 85.8 Å². The van der Waals surface area contributed by atoms with Gasteiger partial charge in [-0.3, -0.25) is 14.7 Å². The molecule has 132 valence electrons. The normalized spacial score (nSPS) is 17.8. The van der Waals surface area contributed by atoms with E-state index in [9.17, 15) is 9.59 Å². The number of likely N-dealkylation sites (N-methyl/N-ethyl adjacent to an activating group) is 2. The van der Waals surface area contributed by atoms with E-state index in [1.165, 1.54) is 24.8 Å². The van der Waals surface area contributed by atoms with Gasteiger partial charge in [0.1, 0.15) is 0 Å². The van der Waals surface area contributed by atoms with Crippen molar-refractivity contribution in [1.82, 2.24) is 20.1 Å². The Balaban J connectivity index is 1.76. The number of carboxylic acid groups (broad SMARTS) is 1. The van der Waals surface area contributed by atoms with E-state index in [-0.39, 0.29) is 18.0 Å². The van der Waals surface area contributed by atoms with Crippen LogP contribution in [-0.2, 0) is 11.3 Å². The molecule has 2 heterocycles. The average molecular weight is 334 g/mol. The van der Waals surface area contributed by atoms with E-state index in [4.69, 9.17) is 5.11 Å². The van der Waals surface area contributed by atoms with E-state index in [0.717, 1.165) is 26.1 Å². The van der Waals surface area contributed by atoms with Crippen LogP contribution in [-0.4, -0.2) is 71.0 Å². The van der Waals surface area contributed by atoms with Gasteiger partial charge in [0.05, 0.1) is 17.8 Å². The summed E-state index contributed by atoms with van der Waals surface area (Å²) in [4.78, 5) is 31.4. The van der Waals surface area contributed by atoms with Crippen molar-refractivity contribution in [3.05, 3.63) is 29.6 Å². The molecule has 1 atom stereocenters. The number of hydrogen-bond donors (Lipinski definition) is 2. The molecule has 2 rings (SSSR count). The van der Waals surface area contributed by atoms with Gasteiger partial charge in [0.2, 0.25) is 5.91 Å². The molecular weight excluding hydrogens is 308 g/mol.